The van der Waals surface area contributed by atoms with E-state index in [1.807, 2.05) is 19.1 Å². The molecular formula is C27H39ClN6O6S. The molecule has 0 radical (unpaired) electrons. The molecule has 14 heteroatoms. The van der Waals surface area contributed by atoms with E-state index in [2.05, 4.69) is 15.1 Å². The highest BCUT2D eigenvalue weighted by atomic mass is 35.5. The third kappa shape index (κ3) is 7.53. The molecule has 0 aliphatic carbocycles. The van der Waals surface area contributed by atoms with Gasteiger partial charge in [0.25, 0.3) is 11.6 Å². The summed E-state index contributed by atoms with van der Waals surface area (Å²) in [5.41, 5.74) is -2.76. The summed E-state index contributed by atoms with van der Waals surface area (Å²) in [4.78, 5) is 43.8. The van der Waals surface area contributed by atoms with Crippen LogP contribution in [0.5, 0.6) is 0 Å². The number of sulfonamides is 1. The van der Waals surface area contributed by atoms with Gasteiger partial charge in [0.1, 0.15) is 0 Å². The average molecular weight is 611 g/mol. The van der Waals surface area contributed by atoms with Crippen LogP contribution in [0.3, 0.4) is 0 Å². The molecule has 0 saturated carbocycles. The first-order valence-electron chi connectivity index (χ1n) is 13.4. The summed E-state index contributed by atoms with van der Waals surface area (Å²) < 4.78 is 35.4. The fraction of sp³-hybridized carbons (Fsp3) is 0.481. The van der Waals surface area contributed by atoms with Gasteiger partial charge in [0.05, 0.1) is 4.90 Å². The van der Waals surface area contributed by atoms with E-state index in [4.69, 9.17) is 10.6 Å². The molecule has 0 spiro atoms. The number of halogens is 1. The zero-order chi connectivity index (χ0) is 29.3. The van der Waals surface area contributed by atoms with Crippen LogP contribution in [0, 0.1) is 0 Å². The van der Waals surface area contributed by atoms with Gasteiger partial charge in [0, 0.05) is 26.1 Å². The normalized spacial score (nSPS) is 15.6. The molecule has 41 heavy (non-hydrogen) atoms. The molecule has 12 nitrogen and oxygen atoms in total. The van der Waals surface area contributed by atoms with Crippen LogP contribution >= 0.6 is 12.4 Å². The van der Waals surface area contributed by atoms with Crippen LogP contribution in [-0.4, -0.2) is 80.8 Å². The summed E-state index contributed by atoms with van der Waals surface area (Å²) in [6, 6.07) is 11.3. The molecular weight excluding hydrogens is 572 g/mol. The Hall–Kier alpha value is -3.26. The van der Waals surface area contributed by atoms with E-state index in [-0.39, 0.29) is 36.3 Å². The number of piperidine rings is 1. The number of nitrogens with two attached hydrogens (primary N) is 1. The lowest BCUT2D eigenvalue weighted by atomic mass is 10.0. The maximum absolute atomic E-state index is 14.4. The molecule has 1 saturated heterocycles. The topological polar surface area (TPSA) is 164 Å². The lowest BCUT2D eigenvalue weighted by molar-refractivity contribution is -0.170. The quantitative estimate of drug-likeness (QED) is 0.0624. The van der Waals surface area contributed by atoms with E-state index in [0.717, 1.165) is 10.3 Å². The van der Waals surface area contributed by atoms with E-state index in [1.165, 1.54) is 24.1 Å². The van der Waals surface area contributed by atoms with Gasteiger partial charge in [-0.2, -0.15) is 9.82 Å². The molecule has 3 rings (SSSR count). The van der Waals surface area contributed by atoms with Gasteiger partial charge < -0.3 is 25.7 Å². The van der Waals surface area contributed by atoms with Crippen molar-refractivity contribution in [3.63, 3.8) is 0 Å². The third-order valence-electron chi connectivity index (χ3n) is 7.06. The van der Waals surface area contributed by atoms with Crippen LogP contribution in [-0.2, 0) is 29.1 Å². The van der Waals surface area contributed by atoms with Crippen LogP contribution in [0.4, 0.5) is 0 Å². The smallest absolute Gasteiger partial charge is 0.364 e. The number of ether oxygens (including phenoxy) is 1. The van der Waals surface area contributed by atoms with Gasteiger partial charge in [-0.1, -0.05) is 50.6 Å². The number of fused-ring (bicyclic) bond motifs is 1. The van der Waals surface area contributed by atoms with Crippen LogP contribution in [0.1, 0.15) is 46.0 Å². The van der Waals surface area contributed by atoms with Gasteiger partial charge in [-0.3, -0.25) is 9.59 Å². The standard InChI is InChI=1S/C27H38N6O6S.ClH/c1-4-6-17-33(24(34)5-2)27(26(36)39-19-30-28,25(35)32(3)22-13-15-29-16-14-22)31-40(37,38)23-12-11-20-9-7-8-10-21(20)18-23;/h7-12,18-19,22,29,31H,4-6,13-17,28H2,1-3H3;1H. The van der Waals surface area contributed by atoms with Crippen molar-refractivity contribution in [2.24, 2.45) is 10.9 Å². The van der Waals surface area contributed by atoms with E-state index in [1.54, 1.807) is 25.1 Å². The number of likely N-dealkylation sites (N-methyl/N-ethyl adjacent to an activating group) is 1. The average Bonchev–Trinajstić information content (AvgIpc) is 2.98. The van der Waals surface area contributed by atoms with Crippen molar-refractivity contribution in [2.45, 2.75) is 62.6 Å². The number of carbonyl (C=O) groups is 3. The lowest BCUT2D eigenvalue weighted by Gasteiger charge is -2.44. The molecule has 1 aliphatic rings. The molecule has 1 unspecified atom stereocenters. The molecule has 226 valence electrons. The minimum atomic E-state index is -4.58. The second-order valence-electron chi connectivity index (χ2n) is 9.63. The number of unbranched alkanes of at least 4 members (excludes halogenated alkanes) is 1. The first-order valence-corrected chi connectivity index (χ1v) is 14.8. The number of rotatable bonds is 12. The first-order chi connectivity index (χ1) is 19.1. The highest BCUT2D eigenvalue weighted by molar-refractivity contribution is 7.89. The molecule has 1 aliphatic heterocycles. The Labute approximate surface area is 247 Å². The van der Waals surface area contributed by atoms with E-state index in [9.17, 15) is 22.8 Å². The number of amides is 2. The van der Waals surface area contributed by atoms with Gasteiger partial charge >= 0.3 is 5.97 Å². The van der Waals surface area contributed by atoms with Gasteiger partial charge in [-0.15, -0.1) is 12.4 Å². The number of nitrogens with one attached hydrogen (secondary N) is 2. The Morgan fingerprint density at radius 3 is 2.41 bits per heavy atom. The largest absolute Gasteiger partial charge is 0.410 e. The predicted molar refractivity (Wildman–Crippen MR) is 159 cm³/mol. The van der Waals surface area contributed by atoms with Gasteiger partial charge in [-0.05, 0) is 55.3 Å². The van der Waals surface area contributed by atoms with E-state index >= 15 is 0 Å². The summed E-state index contributed by atoms with van der Waals surface area (Å²) in [5.74, 6) is 2.28. The van der Waals surface area contributed by atoms with Gasteiger partial charge in [-0.25, -0.2) is 13.2 Å². The zero-order valence-electron chi connectivity index (χ0n) is 23.5. The van der Waals surface area contributed by atoms with Gasteiger partial charge in [0.2, 0.25) is 22.3 Å². The van der Waals surface area contributed by atoms with Crippen LogP contribution in [0.15, 0.2) is 52.5 Å². The molecule has 1 fully saturated rings. The third-order valence-corrected chi connectivity index (χ3v) is 8.50. The van der Waals surface area contributed by atoms with E-state index < -0.39 is 33.5 Å². The number of benzene rings is 2. The highest BCUT2D eigenvalue weighted by Crippen LogP contribution is 2.27. The lowest BCUT2D eigenvalue weighted by Crippen LogP contribution is -2.74. The fourth-order valence-corrected chi connectivity index (χ4v) is 6.12. The Morgan fingerprint density at radius 2 is 1.80 bits per heavy atom. The maximum Gasteiger partial charge on any atom is 0.364 e. The number of esters is 1. The molecule has 0 aromatic heterocycles. The number of nitrogens with zero attached hydrogens (tertiary/aromatic N) is 3. The Morgan fingerprint density at radius 1 is 1.15 bits per heavy atom. The van der Waals surface area contributed by atoms with Crippen molar-refractivity contribution in [3.8, 4) is 0 Å². The van der Waals surface area contributed by atoms with Crippen molar-refractivity contribution in [1.29, 1.82) is 0 Å². The Balaban J connectivity index is 0.00000588. The summed E-state index contributed by atoms with van der Waals surface area (Å²) in [5, 5.41) is 7.83. The number of carbonyl (C=O) groups excluding carboxylic acids is 3. The summed E-state index contributed by atoms with van der Waals surface area (Å²) in [6.07, 6.45) is 2.67. The van der Waals surface area contributed by atoms with Crippen molar-refractivity contribution in [3.05, 3.63) is 42.5 Å². The number of hydrogen-bond donors (Lipinski definition) is 3. The van der Waals surface area contributed by atoms with Crippen LogP contribution in [0.25, 0.3) is 10.8 Å². The number of hydrogen-bond acceptors (Lipinski definition) is 9. The fourth-order valence-electron chi connectivity index (χ4n) is 4.81. The molecule has 1 atom stereocenters. The Kier molecular flexibility index (Phi) is 12.5. The van der Waals surface area contributed by atoms with Crippen molar-refractivity contribution >= 4 is 57.4 Å². The molecule has 2 aromatic carbocycles. The van der Waals surface area contributed by atoms with Crippen LogP contribution in [0.2, 0.25) is 0 Å². The van der Waals surface area contributed by atoms with Gasteiger partial charge in [0.15, 0.2) is 0 Å². The van der Waals surface area contributed by atoms with Crippen molar-refractivity contribution in [2.75, 3.05) is 26.7 Å². The summed E-state index contributed by atoms with van der Waals surface area (Å²) in [6.45, 7) is 4.63. The van der Waals surface area contributed by atoms with E-state index in [0.29, 0.717) is 50.6 Å². The molecule has 1 heterocycles. The van der Waals surface area contributed by atoms with Crippen LogP contribution < -0.4 is 15.9 Å². The highest BCUT2D eigenvalue weighted by Gasteiger charge is 2.58. The first kappa shape index (κ1) is 33.9. The molecule has 0 bridgehead atoms. The predicted octanol–water partition coefficient (Wildman–Crippen LogP) is 1.93. The minimum Gasteiger partial charge on any atom is -0.410 e. The number of hydrazone groups is 1. The van der Waals surface area contributed by atoms with Crippen molar-refractivity contribution < 1.29 is 27.5 Å². The summed E-state index contributed by atoms with van der Waals surface area (Å²) in [7, 11) is -3.08. The maximum atomic E-state index is 14.4. The monoisotopic (exact) mass is 610 g/mol. The van der Waals surface area contributed by atoms with Crippen molar-refractivity contribution in [1.82, 2.24) is 19.8 Å². The zero-order valence-corrected chi connectivity index (χ0v) is 25.2. The summed E-state index contributed by atoms with van der Waals surface area (Å²) >= 11 is 0. The Bertz CT molecular complexity index is 1350. The minimum absolute atomic E-state index is 0. The molecule has 4 N–H and O–H groups in total. The molecule has 2 aromatic rings. The molecule has 2 amide bonds. The second-order valence-corrected chi connectivity index (χ2v) is 11.3. The second kappa shape index (κ2) is 15.1. The SMILES string of the molecule is CCCCN(C(=O)CC)C(NS(=O)(=O)c1ccc2ccccc2c1)(C(=O)OC=NN)C(=O)N(C)C1CCNCC1.Cl.